The van der Waals surface area contributed by atoms with Gasteiger partial charge in [0.1, 0.15) is 48.0 Å². The third-order valence-corrected chi connectivity index (χ3v) is 10.2. The van der Waals surface area contributed by atoms with Gasteiger partial charge in [0.15, 0.2) is 5.96 Å². The molecule has 22 nitrogen and oxygen atoms in total. The van der Waals surface area contributed by atoms with E-state index in [1.807, 2.05) is 0 Å². The van der Waals surface area contributed by atoms with E-state index in [2.05, 4.69) is 31.6 Å². The van der Waals surface area contributed by atoms with E-state index >= 15 is 0 Å². The Balaban J connectivity index is 1.90. The lowest BCUT2D eigenvalue weighted by atomic mass is 9.99. The summed E-state index contributed by atoms with van der Waals surface area (Å²) in [4.78, 5) is 111. The summed E-state index contributed by atoms with van der Waals surface area (Å²) in [5, 5.41) is 41.6. The van der Waals surface area contributed by atoms with Crippen molar-refractivity contribution in [3.05, 3.63) is 65.7 Å². The van der Waals surface area contributed by atoms with Crippen LogP contribution >= 0.6 is 0 Å². The highest BCUT2D eigenvalue weighted by atomic mass is 16.4. The zero-order chi connectivity index (χ0) is 47.5. The molecule has 0 radical (unpaired) electrons. The van der Waals surface area contributed by atoms with Crippen molar-refractivity contribution in [1.82, 2.24) is 31.5 Å². The number of phenolic OH excluding ortho intramolecular Hbond substituents is 1. The Morgan fingerprint density at radius 3 is 1.86 bits per heavy atom. The number of phenols is 1. The number of carbonyl (C=O) groups excluding carboxylic acids is 7. The van der Waals surface area contributed by atoms with Crippen LogP contribution in [-0.2, 0) is 51.2 Å². The number of aliphatic imine (C=N–C) groups is 1. The molecule has 7 atom stereocenters. The summed E-state index contributed by atoms with van der Waals surface area (Å²) >= 11 is 0. The second kappa shape index (κ2) is 25.3. The van der Waals surface area contributed by atoms with Gasteiger partial charge in [0.05, 0.1) is 13.0 Å². The first kappa shape index (κ1) is 51.5. The highest BCUT2D eigenvalue weighted by Gasteiger charge is 2.40. The summed E-state index contributed by atoms with van der Waals surface area (Å²) in [6, 6.07) is 5.23. The number of amides is 7. The minimum atomic E-state index is -1.63. The van der Waals surface area contributed by atoms with Gasteiger partial charge in [-0.15, -0.1) is 0 Å². The number of nitrogens with zero attached hydrogens (tertiary/aromatic N) is 2. The van der Waals surface area contributed by atoms with Crippen LogP contribution in [0.2, 0.25) is 0 Å². The van der Waals surface area contributed by atoms with E-state index in [1.165, 1.54) is 24.3 Å². The number of guanidine groups is 1. The van der Waals surface area contributed by atoms with Crippen LogP contribution in [0.5, 0.6) is 5.75 Å². The molecule has 3 rings (SSSR count). The summed E-state index contributed by atoms with van der Waals surface area (Å²) in [6.45, 7) is 3.01. The molecule has 2 aromatic carbocycles. The van der Waals surface area contributed by atoms with Crippen molar-refractivity contribution >= 4 is 53.3 Å². The molecule has 0 unspecified atom stereocenters. The number of primary amides is 1. The molecule has 0 aromatic heterocycles. The van der Waals surface area contributed by atoms with Gasteiger partial charge >= 0.3 is 5.97 Å². The first-order valence-corrected chi connectivity index (χ1v) is 20.9. The normalized spacial score (nSPS) is 16.2. The number of nitrogens with two attached hydrogens (primary N) is 4. The number of aliphatic carboxylic acids is 1. The fourth-order valence-corrected chi connectivity index (χ4v) is 6.95. The molecular weight excluding hydrogens is 835 g/mol. The second-order valence-electron chi connectivity index (χ2n) is 15.9. The van der Waals surface area contributed by atoms with Crippen LogP contribution < -0.4 is 49.5 Å². The molecule has 22 heteroatoms. The molecule has 1 aliphatic heterocycles. The molecule has 16 N–H and O–H groups in total. The average molecular weight is 896 g/mol. The summed E-state index contributed by atoms with van der Waals surface area (Å²) in [5.41, 5.74) is 23.1. The number of aromatic hydroxyl groups is 1. The van der Waals surface area contributed by atoms with E-state index in [1.54, 1.807) is 44.2 Å². The minimum Gasteiger partial charge on any atom is -0.508 e. The fraction of sp³-hybridized carbons (Fsp3) is 0.500. The third-order valence-electron chi connectivity index (χ3n) is 10.2. The van der Waals surface area contributed by atoms with Crippen LogP contribution in [0, 0.1) is 5.92 Å². The van der Waals surface area contributed by atoms with Gasteiger partial charge < -0.3 is 69.7 Å². The predicted octanol–water partition coefficient (Wildman–Crippen LogP) is -3.03. The van der Waals surface area contributed by atoms with E-state index < -0.39 is 103 Å². The Morgan fingerprint density at radius 2 is 1.30 bits per heavy atom. The maximum Gasteiger partial charge on any atom is 0.305 e. The summed E-state index contributed by atoms with van der Waals surface area (Å²) in [6.07, 6.45) is -0.114. The molecule has 1 saturated heterocycles. The van der Waals surface area contributed by atoms with Gasteiger partial charge in [0.2, 0.25) is 41.4 Å². The molecular formula is C42H61N11O11. The molecule has 64 heavy (non-hydrogen) atoms. The Labute approximate surface area is 370 Å². The topological polar surface area (TPSA) is 377 Å². The smallest absolute Gasteiger partial charge is 0.305 e. The predicted molar refractivity (Wildman–Crippen MR) is 232 cm³/mol. The van der Waals surface area contributed by atoms with Crippen molar-refractivity contribution in [3.8, 4) is 5.75 Å². The maximum absolute atomic E-state index is 14.3. The average Bonchev–Trinajstić information content (AvgIpc) is 3.74. The lowest BCUT2D eigenvalue weighted by Crippen LogP contribution is -2.60. The second-order valence-corrected chi connectivity index (χ2v) is 15.9. The van der Waals surface area contributed by atoms with Gasteiger partial charge in [-0.3, -0.25) is 43.3 Å². The van der Waals surface area contributed by atoms with Gasteiger partial charge in [0, 0.05) is 25.9 Å². The van der Waals surface area contributed by atoms with E-state index in [-0.39, 0.29) is 62.8 Å². The number of carboxylic acid groups (broad SMARTS) is 1. The number of rotatable bonds is 25. The molecule has 7 amide bonds. The molecule has 0 bridgehead atoms. The zero-order valence-corrected chi connectivity index (χ0v) is 35.9. The van der Waals surface area contributed by atoms with E-state index in [9.17, 15) is 53.7 Å². The van der Waals surface area contributed by atoms with Gasteiger partial charge in [-0.2, -0.15) is 0 Å². The number of hydrogen-bond acceptors (Lipinski definition) is 12. The van der Waals surface area contributed by atoms with Crippen molar-refractivity contribution in [2.45, 2.75) is 108 Å². The van der Waals surface area contributed by atoms with Crippen molar-refractivity contribution in [2.75, 3.05) is 19.7 Å². The highest BCUT2D eigenvalue weighted by molar-refractivity contribution is 5.98. The quantitative estimate of drug-likeness (QED) is 0.0268. The van der Waals surface area contributed by atoms with Crippen LogP contribution in [-0.4, -0.2) is 135 Å². The monoisotopic (exact) mass is 895 g/mol. The summed E-state index contributed by atoms with van der Waals surface area (Å²) in [5.74, 6) is -7.61. The number of aliphatic hydroxyl groups is 1. The first-order chi connectivity index (χ1) is 30.3. The number of likely N-dealkylation sites (tertiary alicyclic amines) is 1. The number of carboxylic acids is 1. The molecule has 1 fully saturated rings. The van der Waals surface area contributed by atoms with E-state index in [0.29, 0.717) is 24.0 Å². The number of aliphatic hydroxyl groups excluding tert-OH is 1. The number of benzene rings is 2. The van der Waals surface area contributed by atoms with Crippen molar-refractivity contribution in [3.63, 3.8) is 0 Å². The minimum absolute atomic E-state index is 0.0102. The lowest BCUT2D eigenvalue weighted by Gasteiger charge is -2.30. The molecule has 1 aliphatic rings. The summed E-state index contributed by atoms with van der Waals surface area (Å²) < 4.78 is 0. The van der Waals surface area contributed by atoms with Crippen LogP contribution in [0.3, 0.4) is 0 Å². The third kappa shape index (κ3) is 16.8. The number of nitrogens with one attached hydrogen (secondary N) is 5. The number of hydrogen-bond donors (Lipinski definition) is 12. The molecule has 0 saturated carbocycles. The van der Waals surface area contributed by atoms with Crippen LogP contribution in [0.1, 0.15) is 63.5 Å². The van der Waals surface area contributed by atoms with Gasteiger partial charge in [-0.1, -0.05) is 56.3 Å². The Morgan fingerprint density at radius 1 is 0.750 bits per heavy atom. The zero-order valence-electron chi connectivity index (χ0n) is 35.9. The standard InChI is InChI=1S/C42H61N11O11/c1-23(2)18-29(37(60)50-30(19-24-8-4-3-5-9-24)38(61)48-28(35(44)58)10-6-16-47-42(45)46)49-39(62)31(20-25-12-14-26(55)15-13-25)51-40(63)33-11-7-17-53(33)41(64)32(21-34(56)57)52-36(59)27(43)22-54/h3-5,8-9,12-15,23,27-33,54-55H,6-7,10-11,16-22,43H2,1-2H3,(H2,44,58)(H,48,61)(H,49,62)(H,50,60)(H,51,63)(H,52,59)(H,56,57)(H4,45,46,47)/t27-,28-,29-,30-,31-,32-,33-/m0/s1. The van der Waals surface area contributed by atoms with Crippen molar-refractivity contribution < 1.29 is 53.7 Å². The Bertz CT molecular complexity index is 1960. The largest absolute Gasteiger partial charge is 0.508 e. The highest BCUT2D eigenvalue weighted by Crippen LogP contribution is 2.21. The van der Waals surface area contributed by atoms with Crippen molar-refractivity contribution in [2.24, 2.45) is 33.8 Å². The molecule has 2 aromatic rings. The van der Waals surface area contributed by atoms with E-state index in [4.69, 9.17) is 22.9 Å². The Kier molecular flexibility index (Phi) is 20.4. The molecule has 0 aliphatic carbocycles. The van der Waals surface area contributed by atoms with Crippen LogP contribution in [0.25, 0.3) is 0 Å². The number of carbonyl (C=O) groups is 8. The SMILES string of the molecule is CC(C)C[C@H](NC(=O)[C@H](Cc1ccc(O)cc1)NC(=O)[C@@H]1CCCN1C(=O)[C@H](CC(=O)O)NC(=O)[C@@H](N)CO)C(=O)N[C@@H](Cc1ccccc1)C(=O)N[C@@H](CCCN=C(N)N)C(N)=O. The first-order valence-electron chi connectivity index (χ1n) is 20.9. The van der Waals surface area contributed by atoms with Crippen LogP contribution in [0.4, 0.5) is 0 Å². The fourth-order valence-electron chi connectivity index (χ4n) is 6.95. The summed E-state index contributed by atoms with van der Waals surface area (Å²) in [7, 11) is 0. The van der Waals surface area contributed by atoms with Gasteiger partial charge in [-0.25, -0.2) is 0 Å². The maximum atomic E-state index is 14.3. The Hall–Kier alpha value is -6.81. The van der Waals surface area contributed by atoms with Gasteiger partial charge in [0.25, 0.3) is 0 Å². The van der Waals surface area contributed by atoms with Crippen molar-refractivity contribution in [1.29, 1.82) is 0 Å². The molecule has 0 spiro atoms. The lowest BCUT2D eigenvalue weighted by molar-refractivity contribution is -0.146. The van der Waals surface area contributed by atoms with Gasteiger partial charge in [-0.05, 0) is 61.3 Å². The molecule has 1 heterocycles. The molecule has 350 valence electrons. The van der Waals surface area contributed by atoms with Crippen LogP contribution in [0.15, 0.2) is 59.6 Å². The van der Waals surface area contributed by atoms with E-state index in [0.717, 1.165) is 4.90 Å².